The van der Waals surface area contributed by atoms with Gasteiger partial charge in [-0.1, -0.05) is 259 Å². The molecule has 121 heavy (non-hydrogen) atoms. The smallest absolute Gasteiger partial charge is 0.162 e. The molecule has 12 aromatic rings. The van der Waals surface area contributed by atoms with E-state index in [9.17, 15) is 34.5 Å². The van der Waals surface area contributed by atoms with Gasteiger partial charge in [0.25, 0.3) is 0 Å². The number of rotatable bonds is 20. The first kappa shape index (κ1) is 110. The number of nitrogens with zero attached hydrogens (tertiary/aromatic N) is 4. The predicted molar refractivity (Wildman–Crippen MR) is 488 cm³/mol. The van der Waals surface area contributed by atoms with Crippen molar-refractivity contribution < 1.29 is 120 Å². The van der Waals surface area contributed by atoms with Crippen molar-refractivity contribution in [2.24, 2.45) is 29.6 Å². The molecule has 12 nitrogen and oxygen atoms in total. The first-order valence-corrected chi connectivity index (χ1v) is 40.7. The van der Waals surface area contributed by atoms with E-state index < -0.39 is 0 Å². The van der Waals surface area contributed by atoms with Crippen molar-refractivity contribution in [3.8, 4) is 45.0 Å². The fourth-order valence-corrected chi connectivity index (χ4v) is 12.3. The van der Waals surface area contributed by atoms with Crippen LogP contribution in [0.1, 0.15) is 179 Å². The summed E-state index contributed by atoms with van der Waals surface area (Å²) >= 11 is 0. The molecule has 0 aliphatic rings. The van der Waals surface area contributed by atoms with E-state index >= 15 is 0 Å². The van der Waals surface area contributed by atoms with Crippen molar-refractivity contribution in [1.82, 2.24) is 19.9 Å². The molecule has 650 valence electrons. The van der Waals surface area contributed by atoms with Crippen LogP contribution >= 0.6 is 0 Å². The second-order valence-corrected chi connectivity index (χ2v) is 31.2. The van der Waals surface area contributed by atoms with Crippen molar-refractivity contribution in [1.29, 1.82) is 0 Å². The van der Waals surface area contributed by atoms with Crippen LogP contribution < -0.4 is 0 Å². The van der Waals surface area contributed by atoms with Crippen LogP contribution in [-0.2, 0) is 99.6 Å². The first-order chi connectivity index (χ1) is 55.5. The summed E-state index contributed by atoms with van der Waals surface area (Å²) < 4.78 is 0. The van der Waals surface area contributed by atoms with E-state index in [0.717, 1.165) is 115 Å². The molecule has 0 unspecified atom stereocenters. The number of carbonyl (C=O) groups excluding carboxylic acids is 4. The summed E-state index contributed by atoms with van der Waals surface area (Å²) in [5.74, 6) is 1.47. The quantitative estimate of drug-likeness (QED) is 0.0320. The number of para-hydroxylation sites is 4. The Hall–Kier alpha value is -9.16. The van der Waals surface area contributed by atoms with Gasteiger partial charge in [0.1, 0.15) is 0 Å². The summed E-state index contributed by atoms with van der Waals surface area (Å²) in [5.41, 5.74) is 21.9. The van der Waals surface area contributed by atoms with Gasteiger partial charge in [0.2, 0.25) is 0 Å². The van der Waals surface area contributed by atoms with Crippen LogP contribution in [0.5, 0.6) is 0 Å². The monoisotopic (exact) mass is 2340 g/mol. The number of fused-ring (bicyclic) bond motifs is 4. The van der Waals surface area contributed by atoms with Gasteiger partial charge in [0, 0.05) is 142 Å². The van der Waals surface area contributed by atoms with E-state index in [1.807, 2.05) is 142 Å². The number of aromatic nitrogens is 4. The Bertz CT molecular complexity index is 4800. The molecule has 0 saturated heterocycles. The molecule has 4 aromatic heterocycles. The molecule has 0 bridgehead atoms. The molecule has 0 spiro atoms. The van der Waals surface area contributed by atoms with Gasteiger partial charge in [-0.25, -0.2) is 0 Å². The number of ketones is 4. The molecule has 0 aliphatic carbocycles. The first-order valence-electron chi connectivity index (χ1n) is 40.7. The molecule has 12 rings (SSSR count). The normalized spacial score (nSPS) is 11.0. The summed E-state index contributed by atoms with van der Waals surface area (Å²) in [7, 11) is 0. The minimum Gasteiger partial charge on any atom is -0.512 e. The molecule has 0 atom stereocenters. The van der Waals surface area contributed by atoms with Crippen molar-refractivity contribution in [2.45, 2.75) is 190 Å². The number of hydrogen-bond acceptors (Lipinski definition) is 12. The van der Waals surface area contributed by atoms with Gasteiger partial charge in [0.15, 0.2) is 23.1 Å². The van der Waals surface area contributed by atoms with Gasteiger partial charge in [0.05, 0.1) is 45.1 Å². The maximum atomic E-state index is 11.5. The zero-order chi connectivity index (χ0) is 86.4. The molecule has 4 heterocycles. The number of pyridine rings is 4. The molecule has 8 aromatic carbocycles. The standard InChI is InChI=1S/4C17H14N.C12H22O2.C11H20O2.C9H16O2.C5H8O2.4Ir/c4*1-12-9-13(2)11-15(10-12)17-8-7-14-5-3-4-6-16(14)18-17;1-4-7-8-11(13)9-12(14)10(5-2)6-3;1-8(2)5-10(12)7-11(13)6-9(3)4;1-6(2)8(10)5-9(11)7(3)4;1-4(6)3-5(2)7;;;;/h4*3-10H,1-2H3;9-10,13H,4-8H2,1-3H3;7-9,12H,5-6H2,1-4H3;5-7,10H,1-4H3;3,6H,1-2H3;;;;/q4*-1;;;;;;;;. The van der Waals surface area contributed by atoms with E-state index in [0.29, 0.717) is 31.1 Å². The summed E-state index contributed by atoms with van der Waals surface area (Å²) in [6.45, 7) is 40.9. The van der Waals surface area contributed by atoms with Gasteiger partial charge in [-0.15, -0.1) is 140 Å². The third-order valence-corrected chi connectivity index (χ3v) is 18.0. The molecule has 4 N–H and O–H groups in total. The van der Waals surface area contributed by atoms with E-state index in [1.54, 1.807) is 0 Å². The third kappa shape index (κ3) is 41.1. The molecule has 0 saturated carbocycles. The van der Waals surface area contributed by atoms with Gasteiger partial charge in [-0.05, 0) is 114 Å². The summed E-state index contributed by atoms with van der Waals surface area (Å²) in [6.07, 6.45) is 10.7. The summed E-state index contributed by atoms with van der Waals surface area (Å²) in [5, 5.41) is 41.0. The Balaban J connectivity index is 0.000000697. The predicted octanol–water partition coefficient (Wildman–Crippen LogP) is 27.3. The van der Waals surface area contributed by atoms with Crippen LogP contribution in [0.2, 0.25) is 0 Å². The van der Waals surface area contributed by atoms with Crippen LogP contribution in [0.3, 0.4) is 0 Å². The maximum Gasteiger partial charge on any atom is 0.162 e. The maximum absolute atomic E-state index is 11.5. The fraction of sp³-hybridized carbons (Fsp3) is 0.314. The molecular formula is C105H122Ir4N4O8-4. The zero-order valence-corrected chi connectivity index (χ0v) is 83.7. The van der Waals surface area contributed by atoms with Crippen molar-refractivity contribution in [2.75, 3.05) is 0 Å². The topological polar surface area (TPSA) is 201 Å². The van der Waals surface area contributed by atoms with Crippen molar-refractivity contribution in [3.05, 3.63) is 310 Å². The summed E-state index contributed by atoms with van der Waals surface area (Å²) in [6, 6.07) is 79.9. The zero-order valence-electron chi connectivity index (χ0n) is 74.2. The Morgan fingerprint density at radius 3 is 0.909 bits per heavy atom. The molecule has 4 radical (unpaired) electrons. The number of aryl methyl sites for hydroxylation is 8. The second-order valence-electron chi connectivity index (χ2n) is 31.2. The van der Waals surface area contributed by atoms with Crippen molar-refractivity contribution in [3.63, 3.8) is 0 Å². The molecule has 0 amide bonds. The average molecular weight is 2340 g/mol. The average Bonchev–Trinajstić information content (AvgIpc) is 0.831. The Morgan fingerprint density at radius 1 is 0.364 bits per heavy atom. The van der Waals surface area contributed by atoms with E-state index in [-0.39, 0.29) is 144 Å². The number of allylic oxidation sites excluding steroid dienone is 8. The van der Waals surface area contributed by atoms with Gasteiger partial charge in [-0.3, -0.25) is 39.1 Å². The number of aliphatic hydroxyl groups is 4. The molecule has 0 aliphatic heterocycles. The Kier molecular flexibility index (Phi) is 52.0. The number of carbonyl (C=O) groups is 4. The van der Waals surface area contributed by atoms with E-state index in [2.05, 4.69) is 208 Å². The Morgan fingerprint density at radius 2 is 0.669 bits per heavy atom. The number of unbranched alkanes of at least 4 members (excludes halogenated alkanes) is 1. The van der Waals surface area contributed by atoms with Crippen molar-refractivity contribution >= 4 is 66.7 Å². The van der Waals surface area contributed by atoms with Gasteiger partial charge >= 0.3 is 0 Å². The van der Waals surface area contributed by atoms with Crippen LogP contribution in [-0.4, -0.2) is 63.5 Å². The SMILES string of the molecule is CC(=O)C=C(C)O.CC(C)C(=O)C=C(O)C(C)C.CC(C)CC(=O)C=C(O)CC(C)C.CCCCC(O)=CC(=O)C(CC)CC.Cc1[c-]c(-c2ccc3ccccc3n2)cc(C)c1.Cc1[c-]c(-c2ccc3ccccc3n2)cc(C)c1.Cc1[c-]c(-c2ccc3ccccc3n2)cc(C)c1.Cc1[c-]c(-c2ccc3ccccc3n2)cc(C)c1.[Ir].[Ir].[Ir].[Ir]. The van der Waals surface area contributed by atoms with Crippen LogP contribution in [0, 0.1) is 109 Å². The number of hydrogen-bond donors (Lipinski definition) is 4. The summed E-state index contributed by atoms with van der Waals surface area (Å²) in [4.78, 5) is 62.6. The minimum absolute atomic E-state index is 0. The third-order valence-electron chi connectivity index (χ3n) is 18.0. The molecule has 16 heteroatoms. The minimum atomic E-state index is -0.125. The van der Waals surface area contributed by atoms with Crippen LogP contribution in [0.15, 0.2) is 241 Å². The van der Waals surface area contributed by atoms with Gasteiger partial charge < -0.3 is 20.4 Å². The van der Waals surface area contributed by atoms with Gasteiger partial charge in [-0.2, -0.15) is 0 Å². The number of benzene rings is 8. The second kappa shape index (κ2) is 57.2. The largest absolute Gasteiger partial charge is 0.512 e. The number of aliphatic hydroxyl groups excluding tert-OH is 4. The van der Waals surface area contributed by atoms with E-state index in [1.165, 1.54) is 82.0 Å². The van der Waals surface area contributed by atoms with Crippen LogP contribution in [0.4, 0.5) is 0 Å². The Labute approximate surface area is 775 Å². The molecular weight excluding hydrogens is 2210 g/mol. The van der Waals surface area contributed by atoms with Crippen LogP contribution in [0.25, 0.3) is 88.6 Å². The fourth-order valence-electron chi connectivity index (χ4n) is 12.3. The molecule has 0 fully saturated rings. The van der Waals surface area contributed by atoms with E-state index in [4.69, 9.17) is 25.0 Å².